The molecule has 0 atom stereocenters. The average Bonchev–Trinajstić information content (AvgIpc) is 2.90. The van der Waals surface area contributed by atoms with Crippen LogP contribution in [0.3, 0.4) is 0 Å². The monoisotopic (exact) mass is 288 g/mol. The first-order valence-corrected chi connectivity index (χ1v) is 7.29. The highest BCUT2D eigenvalue weighted by Gasteiger charge is 2.23. The van der Waals surface area contributed by atoms with Gasteiger partial charge < -0.3 is 10.2 Å². The van der Waals surface area contributed by atoms with Crippen LogP contribution in [-0.2, 0) is 6.42 Å². The maximum atomic E-state index is 6.28. The van der Waals surface area contributed by atoms with Gasteiger partial charge >= 0.3 is 0 Å². The molecular weight excluding hydrogens is 272 g/mol. The minimum absolute atomic E-state index is 0.587. The van der Waals surface area contributed by atoms with Crippen molar-refractivity contribution in [1.82, 2.24) is 9.97 Å². The molecule has 0 amide bonds. The SMILES string of the molecule is CCCNc1ncc(Cl)c(N2CCc3ccccc32)n1. The van der Waals surface area contributed by atoms with Gasteiger partial charge in [-0.15, -0.1) is 0 Å². The van der Waals surface area contributed by atoms with Crippen LogP contribution in [0.4, 0.5) is 17.5 Å². The molecule has 104 valence electrons. The predicted molar refractivity (Wildman–Crippen MR) is 83.0 cm³/mol. The molecule has 2 heterocycles. The lowest BCUT2D eigenvalue weighted by Gasteiger charge is -2.20. The molecule has 2 aromatic rings. The highest BCUT2D eigenvalue weighted by atomic mass is 35.5. The topological polar surface area (TPSA) is 41.1 Å². The average molecular weight is 289 g/mol. The molecule has 0 unspecified atom stereocenters. The lowest BCUT2D eigenvalue weighted by Crippen LogP contribution is -2.17. The second-order valence-corrected chi connectivity index (χ2v) is 5.23. The van der Waals surface area contributed by atoms with Gasteiger partial charge in [-0.2, -0.15) is 4.98 Å². The van der Waals surface area contributed by atoms with E-state index >= 15 is 0 Å². The van der Waals surface area contributed by atoms with E-state index in [2.05, 4.69) is 45.3 Å². The highest BCUT2D eigenvalue weighted by molar-refractivity contribution is 6.33. The van der Waals surface area contributed by atoms with E-state index in [1.807, 2.05) is 6.07 Å². The zero-order valence-electron chi connectivity index (χ0n) is 11.4. The largest absolute Gasteiger partial charge is 0.354 e. The van der Waals surface area contributed by atoms with Crippen molar-refractivity contribution in [2.75, 3.05) is 23.3 Å². The summed E-state index contributed by atoms with van der Waals surface area (Å²) in [7, 11) is 0. The Balaban J connectivity index is 1.94. The van der Waals surface area contributed by atoms with Crippen LogP contribution in [0.5, 0.6) is 0 Å². The van der Waals surface area contributed by atoms with Crippen molar-refractivity contribution in [2.24, 2.45) is 0 Å². The van der Waals surface area contributed by atoms with Gasteiger partial charge in [0, 0.05) is 18.8 Å². The van der Waals surface area contributed by atoms with E-state index in [0.29, 0.717) is 11.0 Å². The summed E-state index contributed by atoms with van der Waals surface area (Å²) in [4.78, 5) is 10.9. The first-order chi connectivity index (χ1) is 9.79. The maximum absolute atomic E-state index is 6.28. The Hall–Kier alpha value is -1.81. The minimum Gasteiger partial charge on any atom is -0.354 e. The van der Waals surface area contributed by atoms with Crippen LogP contribution in [0.1, 0.15) is 18.9 Å². The molecule has 0 saturated carbocycles. The van der Waals surface area contributed by atoms with Crippen LogP contribution in [-0.4, -0.2) is 23.1 Å². The molecule has 3 rings (SSSR count). The molecule has 5 heteroatoms. The molecule has 1 aliphatic heterocycles. The number of para-hydroxylation sites is 1. The lowest BCUT2D eigenvalue weighted by molar-refractivity contribution is 0.933. The second kappa shape index (κ2) is 5.67. The summed E-state index contributed by atoms with van der Waals surface area (Å²) in [5.41, 5.74) is 2.53. The summed E-state index contributed by atoms with van der Waals surface area (Å²) in [5, 5.41) is 3.79. The zero-order chi connectivity index (χ0) is 13.9. The van der Waals surface area contributed by atoms with Crippen LogP contribution in [0, 0.1) is 0 Å². The van der Waals surface area contributed by atoms with Crippen molar-refractivity contribution in [2.45, 2.75) is 19.8 Å². The Morgan fingerprint density at radius 2 is 2.20 bits per heavy atom. The summed E-state index contributed by atoms with van der Waals surface area (Å²) in [6.45, 7) is 3.88. The number of rotatable bonds is 4. The molecular formula is C15H17ClN4. The van der Waals surface area contributed by atoms with Crippen LogP contribution < -0.4 is 10.2 Å². The predicted octanol–water partition coefficient (Wildman–Crippen LogP) is 3.65. The Kier molecular flexibility index (Phi) is 3.74. The number of halogens is 1. The highest BCUT2D eigenvalue weighted by Crippen LogP contribution is 2.36. The normalized spacial score (nSPS) is 13.4. The lowest BCUT2D eigenvalue weighted by atomic mass is 10.2. The van der Waals surface area contributed by atoms with E-state index in [0.717, 1.165) is 31.7 Å². The Morgan fingerprint density at radius 3 is 3.05 bits per heavy atom. The summed E-state index contributed by atoms with van der Waals surface area (Å²) in [5.74, 6) is 1.42. The molecule has 0 spiro atoms. The van der Waals surface area contributed by atoms with E-state index in [-0.39, 0.29) is 0 Å². The van der Waals surface area contributed by atoms with Gasteiger partial charge in [0.1, 0.15) is 5.02 Å². The molecule has 0 radical (unpaired) electrons. The summed E-state index contributed by atoms with van der Waals surface area (Å²) in [6, 6.07) is 8.38. The first kappa shape index (κ1) is 13.2. The smallest absolute Gasteiger partial charge is 0.224 e. The summed E-state index contributed by atoms with van der Waals surface area (Å²) < 4.78 is 0. The molecule has 0 aliphatic carbocycles. The van der Waals surface area contributed by atoms with Gasteiger partial charge in [0.2, 0.25) is 5.95 Å². The second-order valence-electron chi connectivity index (χ2n) is 4.82. The fourth-order valence-electron chi connectivity index (χ4n) is 2.43. The number of nitrogens with one attached hydrogen (secondary N) is 1. The van der Waals surface area contributed by atoms with Crippen molar-refractivity contribution in [1.29, 1.82) is 0 Å². The third kappa shape index (κ3) is 2.43. The molecule has 0 saturated heterocycles. The van der Waals surface area contributed by atoms with E-state index in [1.54, 1.807) is 6.20 Å². The number of hydrogen-bond acceptors (Lipinski definition) is 4. The van der Waals surface area contributed by atoms with E-state index in [1.165, 1.54) is 11.3 Å². The quantitative estimate of drug-likeness (QED) is 0.932. The fraction of sp³-hybridized carbons (Fsp3) is 0.333. The van der Waals surface area contributed by atoms with Gasteiger partial charge in [0.15, 0.2) is 5.82 Å². The zero-order valence-corrected chi connectivity index (χ0v) is 12.2. The van der Waals surface area contributed by atoms with Gasteiger partial charge in [0.25, 0.3) is 0 Å². The number of benzene rings is 1. The third-order valence-corrected chi connectivity index (χ3v) is 3.67. The molecule has 1 N–H and O–H groups in total. The number of aromatic nitrogens is 2. The van der Waals surface area contributed by atoms with Gasteiger partial charge in [-0.1, -0.05) is 36.7 Å². The fourth-order valence-corrected chi connectivity index (χ4v) is 2.62. The number of hydrogen-bond donors (Lipinski definition) is 1. The van der Waals surface area contributed by atoms with E-state index in [4.69, 9.17) is 11.6 Å². The van der Waals surface area contributed by atoms with Crippen LogP contribution in [0.25, 0.3) is 0 Å². The first-order valence-electron chi connectivity index (χ1n) is 6.91. The summed E-state index contributed by atoms with van der Waals surface area (Å²) >= 11 is 6.28. The molecule has 20 heavy (non-hydrogen) atoms. The summed E-state index contributed by atoms with van der Waals surface area (Å²) in [6.07, 6.45) is 3.73. The third-order valence-electron chi connectivity index (χ3n) is 3.40. The van der Waals surface area contributed by atoms with Crippen molar-refractivity contribution < 1.29 is 0 Å². The minimum atomic E-state index is 0.587. The van der Waals surface area contributed by atoms with Crippen molar-refractivity contribution in [3.8, 4) is 0 Å². The molecule has 1 aromatic heterocycles. The number of nitrogens with zero attached hydrogens (tertiary/aromatic N) is 3. The van der Waals surface area contributed by atoms with Gasteiger partial charge in [-0.05, 0) is 24.5 Å². The van der Waals surface area contributed by atoms with Gasteiger partial charge in [-0.3, -0.25) is 0 Å². The van der Waals surface area contributed by atoms with Crippen LogP contribution in [0.2, 0.25) is 5.02 Å². The molecule has 0 fully saturated rings. The molecule has 1 aliphatic rings. The van der Waals surface area contributed by atoms with Crippen LogP contribution >= 0.6 is 11.6 Å². The van der Waals surface area contributed by atoms with Gasteiger partial charge in [0.05, 0.1) is 6.20 Å². The molecule has 1 aromatic carbocycles. The van der Waals surface area contributed by atoms with Crippen molar-refractivity contribution in [3.63, 3.8) is 0 Å². The standard InChI is InChI=1S/C15H17ClN4/c1-2-8-17-15-18-10-12(16)14(19-15)20-9-7-11-5-3-4-6-13(11)20/h3-6,10H,2,7-9H2,1H3,(H,17,18,19). The molecule has 0 bridgehead atoms. The Bertz CT molecular complexity index is 615. The van der Waals surface area contributed by atoms with E-state index in [9.17, 15) is 0 Å². The van der Waals surface area contributed by atoms with Gasteiger partial charge in [-0.25, -0.2) is 4.98 Å². The molecule has 4 nitrogen and oxygen atoms in total. The van der Waals surface area contributed by atoms with Crippen LogP contribution in [0.15, 0.2) is 30.5 Å². The maximum Gasteiger partial charge on any atom is 0.224 e. The van der Waals surface area contributed by atoms with Crippen molar-refractivity contribution in [3.05, 3.63) is 41.0 Å². The number of anilines is 3. The Morgan fingerprint density at radius 1 is 1.35 bits per heavy atom. The number of fused-ring (bicyclic) bond motifs is 1. The van der Waals surface area contributed by atoms with Crippen molar-refractivity contribution >= 4 is 29.1 Å². The van der Waals surface area contributed by atoms with E-state index < -0.39 is 0 Å². The Labute approximate surface area is 123 Å².